The van der Waals surface area contributed by atoms with Gasteiger partial charge in [-0.05, 0) is 27.4 Å². The number of hydrogen-bond acceptors (Lipinski definition) is 1. The summed E-state index contributed by atoms with van der Waals surface area (Å²) in [7, 11) is 0. The number of nitrogens with zero attached hydrogens (tertiary/aromatic N) is 1. The first-order chi connectivity index (χ1) is 6.33. The van der Waals surface area contributed by atoms with Gasteiger partial charge < -0.3 is 0 Å². The first kappa shape index (κ1) is 8.28. The van der Waals surface area contributed by atoms with Gasteiger partial charge in [-0.1, -0.05) is 30.3 Å². The first-order valence-electron chi connectivity index (χ1n) is 3.90. The van der Waals surface area contributed by atoms with Crippen molar-refractivity contribution in [2.24, 2.45) is 0 Å². The molecular weight excluding hydrogens is 226 g/mol. The highest BCUT2D eigenvalue weighted by Crippen LogP contribution is 2.25. The van der Waals surface area contributed by atoms with E-state index >= 15 is 0 Å². The third-order valence-corrected chi connectivity index (χ3v) is 2.65. The quantitative estimate of drug-likeness (QED) is 0.682. The molecule has 0 atom stereocenters. The molecule has 0 amide bonds. The van der Waals surface area contributed by atoms with E-state index in [1.807, 2.05) is 36.4 Å². The zero-order valence-corrected chi connectivity index (χ0v) is 8.38. The van der Waals surface area contributed by atoms with E-state index in [0.717, 1.165) is 15.2 Å². The Balaban J connectivity index is 2.94. The normalized spacial score (nSPS) is 9.85. The molecule has 0 aliphatic rings. The summed E-state index contributed by atoms with van der Waals surface area (Å²) in [5.41, 5.74) is 0.707. The predicted molar refractivity (Wildman–Crippen MR) is 56.4 cm³/mol. The second kappa shape index (κ2) is 3.20. The van der Waals surface area contributed by atoms with Crippen LogP contribution in [0.5, 0.6) is 0 Å². The van der Waals surface area contributed by atoms with Crippen LogP contribution in [0.4, 0.5) is 0 Å². The van der Waals surface area contributed by atoms with Crippen LogP contribution in [-0.4, -0.2) is 0 Å². The Labute approximate surface area is 84.7 Å². The highest BCUT2D eigenvalue weighted by atomic mass is 79.9. The van der Waals surface area contributed by atoms with Gasteiger partial charge >= 0.3 is 0 Å². The fourth-order valence-electron chi connectivity index (χ4n) is 1.36. The summed E-state index contributed by atoms with van der Waals surface area (Å²) in [4.78, 5) is 0. The number of benzene rings is 2. The lowest BCUT2D eigenvalue weighted by Crippen LogP contribution is -1.80. The maximum Gasteiger partial charge on any atom is 0.101 e. The van der Waals surface area contributed by atoms with Crippen molar-refractivity contribution in [2.45, 2.75) is 0 Å². The molecule has 0 aromatic heterocycles. The Kier molecular flexibility index (Phi) is 2.03. The van der Waals surface area contributed by atoms with Gasteiger partial charge in [0.1, 0.15) is 6.07 Å². The van der Waals surface area contributed by atoms with Crippen molar-refractivity contribution in [3.05, 3.63) is 46.4 Å². The maximum atomic E-state index is 8.94. The number of nitriles is 1. The second-order valence-corrected chi connectivity index (χ2v) is 3.61. The van der Waals surface area contributed by atoms with Crippen LogP contribution >= 0.6 is 15.9 Å². The Morgan fingerprint density at radius 1 is 1.08 bits per heavy atom. The van der Waals surface area contributed by atoms with Crippen LogP contribution in [0.15, 0.2) is 40.9 Å². The standard InChI is InChI=1S/C11H6BrN/c12-11-6-5-8-3-1-2-4-9(8)10(11)7-13/h1-6H. The molecule has 0 aliphatic carbocycles. The minimum absolute atomic E-state index is 0.707. The molecular formula is C11H6BrN. The SMILES string of the molecule is N#Cc1c(Br)ccc2ccccc12. The van der Waals surface area contributed by atoms with Crippen LogP contribution in [0.2, 0.25) is 0 Å². The van der Waals surface area contributed by atoms with E-state index in [4.69, 9.17) is 5.26 Å². The van der Waals surface area contributed by atoms with Gasteiger partial charge in [0.05, 0.1) is 5.56 Å². The molecule has 0 unspecified atom stereocenters. The molecule has 2 aromatic carbocycles. The molecule has 0 saturated heterocycles. The molecule has 0 bridgehead atoms. The Morgan fingerprint density at radius 2 is 1.85 bits per heavy atom. The van der Waals surface area contributed by atoms with E-state index < -0.39 is 0 Å². The van der Waals surface area contributed by atoms with E-state index in [2.05, 4.69) is 22.0 Å². The molecule has 62 valence electrons. The number of hydrogen-bond donors (Lipinski definition) is 0. The summed E-state index contributed by atoms with van der Waals surface area (Å²) in [6.07, 6.45) is 0. The van der Waals surface area contributed by atoms with Crippen LogP contribution in [-0.2, 0) is 0 Å². The third-order valence-electron chi connectivity index (χ3n) is 1.99. The average molecular weight is 232 g/mol. The van der Waals surface area contributed by atoms with Crippen LogP contribution in [0, 0.1) is 11.3 Å². The maximum absolute atomic E-state index is 8.94. The summed E-state index contributed by atoms with van der Waals surface area (Å²) in [6.45, 7) is 0. The van der Waals surface area contributed by atoms with Gasteiger partial charge in [-0.15, -0.1) is 0 Å². The van der Waals surface area contributed by atoms with Crippen LogP contribution < -0.4 is 0 Å². The summed E-state index contributed by atoms with van der Waals surface area (Å²) in [5.74, 6) is 0. The minimum Gasteiger partial charge on any atom is -0.192 e. The van der Waals surface area contributed by atoms with E-state index in [-0.39, 0.29) is 0 Å². The summed E-state index contributed by atoms with van der Waals surface area (Å²) < 4.78 is 0.855. The number of fused-ring (bicyclic) bond motifs is 1. The zero-order chi connectivity index (χ0) is 9.26. The largest absolute Gasteiger partial charge is 0.192 e. The van der Waals surface area contributed by atoms with Crippen molar-refractivity contribution < 1.29 is 0 Å². The summed E-state index contributed by atoms with van der Waals surface area (Å²) in [6, 6.07) is 14.0. The van der Waals surface area contributed by atoms with Crippen molar-refractivity contribution in [1.82, 2.24) is 0 Å². The van der Waals surface area contributed by atoms with Gasteiger partial charge in [-0.3, -0.25) is 0 Å². The Hall–Kier alpha value is -1.33. The highest BCUT2D eigenvalue weighted by Gasteiger charge is 2.03. The molecule has 0 aliphatic heterocycles. The van der Waals surface area contributed by atoms with Crippen molar-refractivity contribution in [3.63, 3.8) is 0 Å². The van der Waals surface area contributed by atoms with Crippen molar-refractivity contribution in [1.29, 1.82) is 5.26 Å². The summed E-state index contributed by atoms with van der Waals surface area (Å²) in [5, 5.41) is 11.0. The van der Waals surface area contributed by atoms with E-state index in [1.165, 1.54) is 0 Å². The van der Waals surface area contributed by atoms with Crippen LogP contribution in [0.25, 0.3) is 10.8 Å². The van der Waals surface area contributed by atoms with Gasteiger partial charge in [0, 0.05) is 9.86 Å². The molecule has 0 radical (unpaired) electrons. The summed E-state index contributed by atoms with van der Waals surface area (Å²) >= 11 is 3.36. The highest BCUT2D eigenvalue weighted by molar-refractivity contribution is 9.10. The zero-order valence-electron chi connectivity index (χ0n) is 6.79. The van der Waals surface area contributed by atoms with Crippen molar-refractivity contribution in [3.8, 4) is 6.07 Å². The Morgan fingerprint density at radius 3 is 2.62 bits per heavy atom. The van der Waals surface area contributed by atoms with Crippen LogP contribution in [0.1, 0.15) is 5.56 Å². The van der Waals surface area contributed by atoms with Gasteiger partial charge in [0.25, 0.3) is 0 Å². The van der Waals surface area contributed by atoms with Crippen molar-refractivity contribution >= 4 is 26.7 Å². The first-order valence-corrected chi connectivity index (χ1v) is 4.69. The molecule has 2 rings (SSSR count). The molecule has 0 saturated carbocycles. The monoisotopic (exact) mass is 231 g/mol. The second-order valence-electron chi connectivity index (χ2n) is 2.76. The third kappa shape index (κ3) is 1.32. The Bertz CT molecular complexity index is 497. The van der Waals surface area contributed by atoms with Crippen molar-refractivity contribution in [2.75, 3.05) is 0 Å². The lowest BCUT2D eigenvalue weighted by atomic mass is 10.1. The lowest BCUT2D eigenvalue weighted by molar-refractivity contribution is 1.49. The number of rotatable bonds is 0. The molecule has 1 nitrogen and oxygen atoms in total. The lowest BCUT2D eigenvalue weighted by Gasteiger charge is -2.00. The van der Waals surface area contributed by atoms with Crippen LogP contribution in [0.3, 0.4) is 0 Å². The van der Waals surface area contributed by atoms with E-state index in [9.17, 15) is 0 Å². The molecule has 0 N–H and O–H groups in total. The topological polar surface area (TPSA) is 23.8 Å². The van der Waals surface area contributed by atoms with E-state index in [1.54, 1.807) is 0 Å². The van der Waals surface area contributed by atoms with Gasteiger partial charge in [0.15, 0.2) is 0 Å². The minimum atomic E-state index is 0.707. The fraction of sp³-hybridized carbons (Fsp3) is 0. The molecule has 13 heavy (non-hydrogen) atoms. The predicted octanol–water partition coefficient (Wildman–Crippen LogP) is 3.47. The molecule has 0 spiro atoms. The molecule has 0 heterocycles. The molecule has 0 fully saturated rings. The molecule has 2 aromatic rings. The number of halogens is 1. The average Bonchev–Trinajstić information content (AvgIpc) is 2.18. The fourth-order valence-corrected chi connectivity index (χ4v) is 1.79. The molecule has 2 heteroatoms. The van der Waals surface area contributed by atoms with Gasteiger partial charge in [-0.25, -0.2) is 0 Å². The van der Waals surface area contributed by atoms with Gasteiger partial charge in [0.2, 0.25) is 0 Å². The van der Waals surface area contributed by atoms with Gasteiger partial charge in [-0.2, -0.15) is 5.26 Å². The van der Waals surface area contributed by atoms with E-state index in [0.29, 0.717) is 5.56 Å². The smallest absolute Gasteiger partial charge is 0.101 e.